The summed E-state index contributed by atoms with van der Waals surface area (Å²) in [5, 5.41) is 11.8. The Hall–Kier alpha value is -3.08. The van der Waals surface area contributed by atoms with Gasteiger partial charge in [0, 0.05) is 22.5 Å². The molecule has 0 aromatic heterocycles. The number of hydrogen-bond donors (Lipinski definition) is 0. The zero-order valence-electron chi connectivity index (χ0n) is 17.3. The first-order valence-corrected chi connectivity index (χ1v) is 11.0. The van der Waals surface area contributed by atoms with Crippen molar-refractivity contribution in [1.29, 1.82) is 0 Å². The van der Waals surface area contributed by atoms with Gasteiger partial charge in [0.1, 0.15) is 0 Å². The maximum absolute atomic E-state index is 12.9. The molecule has 1 aliphatic rings. The van der Waals surface area contributed by atoms with Crippen molar-refractivity contribution in [1.82, 2.24) is 4.90 Å². The van der Waals surface area contributed by atoms with Crippen LogP contribution < -0.4 is 9.47 Å². The van der Waals surface area contributed by atoms with Crippen LogP contribution in [0, 0.1) is 10.1 Å². The number of thioether (sulfide) groups is 1. The largest absolute Gasteiger partial charge is 0.485 e. The van der Waals surface area contributed by atoms with Gasteiger partial charge in [0.15, 0.2) is 5.75 Å². The Morgan fingerprint density at radius 3 is 2.45 bits per heavy atom. The summed E-state index contributed by atoms with van der Waals surface area (Å²) in [6.45, 7) is 2.67. The van der Waals surface area contributed by atoms with E-state index in [4.69, 9.17) is 32.7 Å². The number of carbonyl (C=O) groups excluding carboxylic acids is 3. The van der Waals surface area contributed by atoms with E-state index in [1.807, 2.05) is 0 Å². The smallest absolute Gasteiger partial charge is 0.322 e. The number of nitro groups is 1. The number of halogens is 2. The van der Waals surface area contributed by atoms with Gasteiger partial charge in [-0.2, -0.15) is 0 Å². The Morgan fingerprint density at radius 2 is 1.88 bits per heavy atom. The highest BCUT2D eigenvalue weighted by atomic mass is 35.5. The maximum atomic E-state index is 12.9. The number of nitrogens with zero attached hydrogens (tertiary/aromatic N) is 2. The van der Waals surface area contributed by atoms with E-state index in [1.165, 1.54) is 18.2 Å². The van der Waals surface area contributed by atoms with Crippen LogP contribution in [0.5, 0.6) is 11.5 Å². The standard InChI is InChI=1S/C21H16Cl2N2O7S/c1-3-31-19-16(32-11(2)26)8-7-12(18(19)25(29)30)9-17-20(27)24(21(28)33-17)10-13-14(22)5-4-6-15(13)23/h4-9H,3,10H2,1-2H3/b17-9-. The van der Waals surface area contributed by atoms with Gasteiger partial charge in [-0.25, -0.2) is 0 Å². The molecule has 0 saturated carbocycles. The summed E-state index contributed by atoms with van der Waals surface area (Å²) >= 11 is 12.9. The molecule has 2 amide bonds. The Balaban J connectivity index is 2.01. The molecule has 3 rings (SSSR count). The number of esters is 1. The molecule has 33 heavy (non-hydrogen) atoms. The van der Waals surface area contributed by atoms with Crippen molar-refractivity contribution < 1.29 is 28.8 Å². The maximum Gasteiger partial charge on any atom is 0.322 e. The molecule has 0 N–H and O–H groups in total. The fourth-order valence-corrected chi connectivity index (χ4v) is 4.36. The second kappa shape index (κ2) is 10.2. The lowest BCUT2D eigenvalue weighted by molar-refractivity contribution is -0.386. The molecule has 0 radical (unpaired) electrons. The SMILES string of the molecule is CCOc1c(OC(C)=O)ccc(/C=C2\SC(=O)N(Cc3c(Cl)cccc3Cl)C2=O)c1[N+](=O)[O-]. The number of benzene rings is 2. The van der Waals surface area contributed by atoms with Crippen molar-refractivity contribution in [3.63, 3.8) is 0 Å². The summed E-state index contributed by atoms with van der Waals surface area (Å²) in [5.74, 6) is -1.72. The molecule has 1 fully saturated rings. The zero-order chi connectivity index (χ0) is 24.3. The van der Waals surface area contributed by atoms with E-state index in [0.717, 1.165) is 11.8 Å². The Kier molecular flexibility index (Phi) is 7.62. The van der Waals surface area contributed by atoms with Gasteiger partial charge < -0.3 is 9.47 Å². The minimum atomic E-state index is -0.711. The third kappa shape index (κ3) is 5.29. The quantitative estimate of drug-likeness (QED) is 0.158. The van der Waals surface area contributed by atoms with Gasteiger partial charge in [-0.3, -0.25) is 29.4 Å². The fourth-order valence-electron chi connectivity index (χ4n) is 3.01. The van der Waals surface area contributed by atoms with Gasteiger partial charge in [-0.1, -0.05) is 29.3 Å². The summed E-state index contributed by atoms with van der Waals surface area (Å²) in [7, 11) is 0. The van der Waals surface area contributed by atoms with Crippen LogP contribution >= 0.6 is 35.0 Å². The molecule has 9 nitrogen and oxygen atoms in total. The van der Waals surface area contributed by atoms with Crippen molar-refractivity contribution in [2.45, 2.75) is 20.4 Å². The summed E-state index contributed by atoms with van der Waals surface area (Å²) < 4.78 is 10.4. The molecule has 1 aliphatic heterocycles. The lowest BCUT2D eigenvalue weighted by Crippen LogP contribution is -2.27. The predicted octanol–water partition coefficient (Wildman–Crippen LogP) is 5.46. The molecule has 12 heteroatoms. The molecule has 1 heterocycles. The molecule has 0 unspecified atom stereocenters. The topological polar surface area (TPSA) is 116 Å². The lowest BCUT2D eigenvalue weighted by Gasteiger charge is -2.14. The fraction of sp³-hybridized carbons (Fsp3) is 0.190. The van der Waals surface area contributed by atoms with Crippen molar-refractivity contribution in [2.75, 3.05) is 6.61 Å². The van der Waals surface area contributed by atoms with Gasteiger partial charge in [0.25, 0.3) is 11.1 Å². The molecule has 0 spiro atoms. The molecule has 0 atom stereocenters. The summed E-state index contributed by atoms with van der Waals surface area (Å²) in [6, 6.07) is 7.43. The van der Waals surface area contributed by atoms with E-state index in [1.54, 1.807) is 25.1 Å². The highest BCUT2D eigenvalue weighted by molar-refractivity contribution is 8.18. The minimum absolute atomic E-state index is 0.000581. The van der Waals surface area contributed by atoms with Crippen LogP contribution in [0.15, 0.2) is 35.2 Å². The molecule has 1 saturated heterocycles. The van der Waals surface area contributed by atoms with Crippen molar-refractivity contribution in [3.8, 4) is 11.5 Å². The molecular weight excluding hydrogens is 495 g/mol. The second-order valence-electron chi connectivity index (χ2n) is 6.58. The Bertz CT molecular complexity index is 1180. The summed E-state index contributed by atoms with van der Waals surface area (Å²) in [5.41, 5.74) is -0.100. The van der Waals surface area contributed by atoms with Gasteiger partial charge >= 0.3 is 11.7 Å². The van der Waals surface area contributed by atoms with Crippen LogP contribution in [-0.2, 0) is 16.1 Å². The Morgan fingerprint density at radius 1 is 1.21 bits per heavy atom. The monoisotopic (exact) mass is 510 g/mol. The number of rotatable bonds is 7. The van der Waals surface area contributed by atoms with E-state index in [-0.39, 0.29) is 35.1 Å². The molecule has 2 aromatic carbocycles. The molecular formula is C21H16Cl2N2O7S. The van der Waals surface area contributed by atoms with Crippen molar-refractivity contribution in [3.05, 3.63) is 66.5 Å². The van der Waals surface area contributed by atoms with Crippen LogP contribution in [0.4, 0.5) is 10.5 Å². The number of ether oxygens (including phenoxy) is 2. The highest BCUT2D eigenvalue weighted by Crippen LogP contribution is 2.43. The zero-order valence-corrected chi connectivity index (χ0v) is 19.6. The minimum Gasteiger partial charge on any atom is -0.485 e. The van der Waals surface area contributed by atoms with Crippen LogP contribution in [0.25, 0.3) is 6.08 Å². The normalized spacial score (nSPS) is 14.7. The van der Waals surface area contributed by atoms with E-state index in [0.29, 0.717) is 27.4 Å². The van der Waals surface area contributed by atoms with Crippen molar-refractivity contribution >= 4 is 63.8 Å². The summed E-state index contributed by atoms with van der Waals surface area (Å²) in [6.07, 6.45) is 1.22. The van der Waals surface area contributed by atoms with E-state index < -0.39 is 27.7 Å². The average Bonchev–Trinajstić information content (AvgIpc) is 2.99. The Labute approximate surface area is 202 Å². The van der Waals surface area contributed by atoms with Crippen LogP contribution in [0.1, 0.15) is 25.0 Å². The van der Waals surface area contributed by atoms with Crippen LogP contribution in [0.2, 0.25) is 10.0 Å². The number of amides is 2. The van der Waals surface area contributed by atoms with Crippen LogP contribution in [0.3, 0.4) is 0 Å². The molecule has 172 valence electrons. The van der Waals surface area contributed by atoms with E-state index in [9.17, 15) is 24.5 Å². The van der Waals surface area contributed by atoms with E-state index >= 15 is 0 Å². The predicted molar refractivity (Wildman–Crippen MR) is 124 cm³/mol. The van der Waals surface area contributed by atoms with Gasteiger partial charge in [-0.15, -0.1) is 0 Å². The second-order valence-corrected chi connectivity index (χ2v) is 8.39. The highest BCUT2D eigenvalue weighted by Gasteiger charge is 2.37. The number of hydrogen-bond acceptors (Lipinski definition) is 8. The van der Waals surface area contributed by atoms with E-state index in [2.05, 4.69) is 0 Å². The molecule has 2 aromatic rings. The molecule has 0 aliphatic carbocycles. The number of carbonyl (C=O) groups is 3. The average molecular weight is 511 g/mol. The third-order valence-corrected chi connectivity index (χ3v) is 6.01. The van der Waals surface area contributed by atoms with Gasteiger partial charge in [0.05, 0.1) is 28.5 Å². The first-order chi connectivity index (χ1) is 15.6. The third-order valence-electron chi connectivity index (χ3n) is 4.39. The number of nitro benzene ring substituents is 1. The van der Waals surface area contributed by atoms with Gasteiger partial charge in [-0.05, 0) is 49.0 Å². The van der Waals surface area contributed by atoms with Gasteiger partial charge in [0.2, 0.25) is 5.75 Å². The lowest BCUT2D eigenvalue weighted by atomic mass is 10.1. The van der Waals surface area contributed by atoms with Crippen LogP contribution in [-0.4, -0.2) is 33.5 Å². The van der Waals surface area contributed by atoms with Crippen molar-refractivity contribution in [2.24, 2.45) is 0 Å². The first kappa shape index (κ1) is 24.6. The number of imide groups is 1. The molecule has 0 bridgehead atoms. The first-order valence-electron chi connectivity index (χ1n) is 9.44. The summed E-state index contributed by atoms with van der Waals surface area (Å²) in [4.78, 5) is 48.8.